The number of amides is 1. The molecule has 0 fully saturated rings. The van der Waals surface area contributed by atoms with Crippen LogP contribution in [0.15, 0.2) is 18.2 Å². The van der Waals surface area contributed by atoms with Crippen LogP contribution in [0.1, 0.15) is 5.56 Å². The molecular weight excluding hydrogens is 200 g/mol. The molecular formula is C9H12N2O4. The van der Waals surface area contributed by atoms with Crippen molar-refractivity contribution in [2.75, 3.05) is 6.61 Å². The Kier molecular flexibility index (Phi) is 3.90. The van der Waals surface area contributed by atoms with Crippen LogP contribution in [0.5, 0.6) is 11.5 Å². The van der Waals surface area contributed by atoms with Crippen molar-refractivity contribution >= 4 is 5.91 Å². The number of carbonyl (C=O) groups is 1. The molecule has 0 unspecified atom stereocenters. The van der Waals surface area contributed by atoms with Crippen LogP contribution in [-0.2, 0) is 16.2 Å². The minimum absolute atomic E-state index is 0.0192. The van der Waals surface area contributed by atoms with E-state index in [2.05, 4.69) is 10.3 Å². The van der Waals surface area contributed by atoms with Crippen molar-refractivity contribution < 1.29 is 19.8 Å². The molecule has 6 nitrogen and oxygen atoms in total. The number of nitrogens with two attached hydrogens (primary N) is 1. The predicted octanol–water partition coefficient (Wildman–Crippen LogP) is -0.396. The first-order valence-electron chi connectivity index (χ1n) is 4.23. The summed E-state index contributed by atoms with van der Waals surface area (Å²) in [5.74, 6) is -0.656. The number of phenols is 2. The molecule has 0 atom stereocenters. The van der Waals surface area contributed by atoms with Crippen molar-refractivity contribution in [3.63, 3.8) is 0 Å². The zero-order valence-corrected chi connectivity index (χ0v) is 7.93. The number of phenolic OH excluding ortho intramolecular Hbond substituents is 2. The lowest BCUT2D eigenvalue weighted by atomic mass is 10.2. The maximum Gasteiger partial charge on any atom is 0.245 e. The van der Waals surface area contributed by atoms with Gasteiger partial charge in [-0.15, -0.1) is 0 Å². The summed E-state index contributed by atoms with van der Waals surface area (Å²) in [5.41, 5.74) is 7.83. The number of carbonyl (C=O) groups excluding carboxylic acids is 1. The fourth-order valence-corrected chi connectivity index (χ4v) is 0.953. The van der Waals surface area contributed by atoms with Crippen molar-refractivity contribution in [3.8, 4) is 11.5 Å². The van der Waals surface area contributed by atoms with E-state index < -0.39 is 5.91 Å². The normalized spacial score (nSPS) is 10.1. The average Bonchev–Trinajstić information content (AvgIpc) is 2.14. The third-order valence-corrected chi connectivity index (χ3v) is 1.65. The van der Waals surface area contributed by atoms with Gasteiger partial charge in [-0.05, 0) is 6.07 Å². The molecule has 0 saturated heterocycles. The van der Waals surface area contributed by atoms with E-state index in [4.69, 9.17) is 10.8 Å². The molecule has 0 aliphatic heterocycles. The third-order valence-electron chi connectivity index (χ3n) is 1.65. The number of hydrogen-bond acceptors (Lipinski definition) is 5. The second-order valence-corrected chi connectivity index (χ2v) is 2.89. The Morgan fingerprint density at radius 2 is 2.20 bits per heavy atom. The molecule has 6 heteroatoms. The van der Waals surface area contributed by atoms with Gasteiger partial charge in [0.15, 0.2) is 0 Å². The SMILES string of the molecule is NC(=O)CONCc1ccc(O)cc1O. The van der Waals surface area contributed by atoms with E-state index in [1.165, 1.54) is 18.2 Å². The molecule has 0 aromatic heterocycles. The van der Waals surface area contributed by atoms with E-state index in [1.807, 2.05) is 0 Å². The Hall–Kier alpha value is -1.79. The zero-order chi connectivity index (χ0) is 11.3. The van der Waals surface area contributed by atoms with Crippen LogP contribution < -0.4 is 11.2 Å². The number of aromatic hydroxyl groups is 2. The minimum Gasteiger partial charge on any atom is -0.508 e. The van der Waals surface area contributed by atoms with Crippen LogP contribution in [0.25, 0.3) is 0 Å². The van der Waals surface area contributed by atoms with Gasteiger partial charge in [0, 0.05) is 18.2 Å². The van der Waals surface area contributed by atoms with Crippen molar-refractivity contribution in [2.24, 2.45) is 5.73 Å². The van der Waals surface area contributed by atoms with Gasteiger partial charge in [0.2, 0.25) is 5.91 Å². The van der Waals surface area contributed by atoms with E-state index in [0.29, 0.717) is 5.56 Å². The Balaban J connectivity index is 2.40. The molecule has 15 heavy (non-hydrogen) atoms. The Morgan fingerprint density at radius 3 is 2.80 bits per heavy atom. The maximum absolute atomic E-state index is 10.3. The number of benzene rings is 1. The molecule has 0 bridgehead atoms. The van der Waals surface area contributed by atoms with Crippen LogP contribution in [0.3, 0.4) is 0 Å². The van der Waals surface area contributed by atoms with Crippen molar-refractivity contribution in [3.05, 3.63) is 23.8 Å². The van der Waals surface area contributed by atoms with Gasteiger partial charge in [0.05, 0.1) is 0 Å². The minimum atomic E-state index is -0.586. The van der Waals surface area contributed by atoms with Gasteiger partial charge in [0.1, 0.15) is 18.1 Å². The Morgan fingerprint density at radius 1 is 1.47 bits per heavy atom. The monoisotopic (exact) mass is 212 g/mol. The largest absolute Gasteiger partial charge is 0.508 e. The Labute approximate surface area is 86.2 Å². The first-order chi connectivity index (χ1) is 7.09. The van der Waals surface area contributed by atoms with Crippen LogP contribution in [-0.4, -0.2) is 22.7 Å². The molecule has 0 heterocycles. The molecule has 0 saturated carbocycles. The van der Waals surface area contributed by atoms with E-state index in [9.17, 15) is 9.90 Å². The molecule has 1 aromatic carbocycles. The summed E-state index contributed by atoms with van der Waals surface area (Å²) >= 11 is 0. The van der Waals surface area contributed by atoms with Gasteiger partial charge >= 0.3 is 0 Å². The molecule has 82 valence electrons. The molecule has 1 amide bonds. The van der Waals surface area contributed by atoms with Gasteiger partial charge in [0.25, 0.3) is 0 Å². The highest BCUT2D eigenvalue weighted by atomic mass is 16.6. The van der Waals surface area contributed by atoms with Gasteiger partial charge < -0.3 is 15.9 Å². The highest BCUT2D eigenvalue weighted by Gasteiger charge is 2.02. The standard InChI is InChI=1S/C9H12N2O4/c10-9(14)5-15-11-4-6-1-2-7(12)3-8(6)13/h1-3,11-13H,4-5H2,(H2,10,14). The number of primary amides is 1. The zero-order valence-electron chi connectivity index (χ0n) is 7.93. The van der Waals surface area contributed by atoms with Gasteiger partial charge in [-0.1, -0.05) is 6.07 Å². The highest BCUT2D eigenvalue weighted by molar-refractivity contribution is 5.74. The molecule has 5 N–H and O–H groups in total. The molecule has 0 aliphatic carbocycles. The van der Waals surface area contributed by atoms with Crippen LogP contribution in [0, 0.1) is 0 Å². The van der Waals surface area contributed by atoms with Crippen molar-refractivity contribution in [1.82, 2.24) is 5.48 Å². The van der Waals surface area contributed by atoms with E-state index in [1.54, 1.807) is 0 Å². The van der Waals surface area contributed by atoms with Crippen molar-refractivity contribution in [1.29, 1.82) is 0 Å². The van der Waals surface area contributed by atoms with E-state index in [0.717, 1.165) is 0 Å². The highest BCUT2D eigenvalue weighted by Crippen LogP contribution is 2.21. The first-order valence-corrected chi connectivity index (χ1v) is 4.23. The second kappa shape index (κ2) is 5.18. The fraction of sp³-hybridized carbons (Fsp3) is 0.222. The van der Waals surface area contributed by atoms with E-state index in [-0.39, 0.29) is 24.7 Å². The molecule has 0 aliphatic rings. The summed E-state index contributed by atoms with van der Waals surface area (Å²) in [6.45, 7) is -0.0295. The summed E-state index contributed by atoms with van der Waals surface area (Å²) in [7, 11) is 0. The lowest BCUT2D eigenvalue weighted by Gasteiger charge is -2.06. The number of nitrogens with one attached hydrogen (secondary N) is 1. The summed E-state index contributed by atoms with van der Waals surface area (Å²) in [6.07, 6.45) is 0. The third kappa shape index (κ3) is 3.84. The lowest BCUT2D eigenvalue weighted by Crippen LogP contribution is -2.24. The van der Waals surface area contributed by atoms with Crippen LogP contribution >= 0.6 is 0 Å². The lowest BCUT2D eigenvalue weighted by molar-refractivity contribution is -0.125. The average molecular weight is 212 g/mol. The number of hydrogen-bond donors (Lipinski definition) is 4. The molecule has 0 radical (unpaired) electrons. The molecule has 1 rings (SSSR count). The summed E-state index contributed by atoms with van der Waals surface area (Å²) in [6, 6.07) is 4.18. The molecule has 0 spiro atoms. The molecule has 1 aromatic rings. The predicted molar refractivity (Wildman–Crippen MR) is 51.8 cm³/mol. The second-order valence-electron chi connectivity index (χ2n) is 2.89. The van der Waals surface area contributed by atoms with Gasteiger partial charge in [-0.25, -0.2) is 0 Å². The summed E-state index contributed by atoms with van der Waals surface area (Å²) in [5, 5.41) is 18.4. The number of rotatable bonds is 5. The first kappa shape index (κ1) is 11.3. The van der Waals surface area contributed by atoms with Gasteiger partial charge in [-0.2, -0.15) is 5.48 Å². The summed E-state index contributed by atoms with van der Waals surface area (Å²) < 4.78 is 0. The summed E-state index contributed by atoms with van der Waals surface area (Å²) in [4.78, 5) is 15.0. The number of hydroxylamine groups is 1. The quantitative estimate of drug-likeness (QED) is 0.393. The van der Waals surface area contributed by atoms with Crippen LogP contribution in [0.4, 0.5) is 0 Å². The van der Waals surface area contributed by atoms with Crippen molar-refractivity contribution in [2.45, 2.75) is 6.54 Å². The maximum atomic E-state index is 10.3. The fourth-order valence-electron chi connectivity index (χ4n) is 0.953. The van der Waals surface area contributed by atoms with Gasteiger partial charge in [-0.3, -0.25) is 9.63 Å². The Bertz CT molecular complexity index is 354. The van der Waals surface area contributed by atoms with Crippen LogP contribution in [0.2, 0.25) is 0 Å². The smallest absolute Gasteiger partial charge is 0.245 e. The topological polar surface area (TPSA) is 105 Å². The van der Waals surface area contributed by atoms with E-state index >= 15 is 0 Å².